The molecule has 2 heteroatoms. The van der Waals surface area contributed by atoms with E-state index in [0.29, 0.717) is 18.9 Å². The van der Waals surface area contributed by atoms with Crippen molar-refractivity contribution in [2.24, 2.45) is 29.6 Å². The van der Waals surface area contributed by atoms with Crippen molar-refractivity contribution >= 4 is 5.97 Å². The first-order valence-electron chi connectivity index (χ1n) is 7.79. The van der Waals surface area contributed by atoms with Crippen LogP contribution >= 0.6 is 0 Å². The maximum atomic E-state index is 11.6. The molecule has 0 heterocycles. The lowest BCUT2D eigenvalue weighted by atomic mass is 9.76. The number of hydrogen-bond acceptors (Lipinski definition) is 2. The summed E-state index contributed by atoms with van der Waals surface area (Å²) in [6.07, 6.45) is 6.56. The molecule has 2 nitrogen and oxygen atoms in total. The Labute approximate surface area is 111 Å². The van der Waals surface area contributed by atoms with Crippen molar-refractivity contribution in [1.82, 2.24) is 0 Å². The van der Waals surface area contributed by atoms with E-state index in [1.165, 1.54) is 12.8 Å². The summed E-state index contributed by atoms with van der Waals surface area (Å²) in [5, 5.41) is 0. The normalized spacial score (nSPS) is 38.1. The standard InChI is InChI=1S/C16H28O2/c1-4-5-6-7-16(17)18-10-14-8-13-9-15(14)12(3)11(13)2/h11-15H,4-10H2,1-3H3. The highest BCUT2D eigenvalue weighted by atomic mass is 16.5. The molecule has 104 valence electrons. The zero-order valence-corrected chi connectivity index (χ0v) is 12.2. The van der Waals surface area contributed by atoms with E-state index in [2.05, 4.69) is 20.8 Å². The molecule has 2 bridgehead atoms. The maximum Gasteiger partial charge on any atom is 0.305 e. The summed E-state index contributed by atoms with van der Waals surface area (Å²) in [7, 11) is 0. The van der Waals surface area contributed by atoms with Crippen LogP contribution in [0.5, 0.6) is 0 Å². The zero-order valence-electron chi connectivity index (χ0n) is 12.2. The van der Waals surface area contributed by atoms with Gasteiger partial charge in [0.05, 0.1) is 6.61 Å². The van der Waals surface area contributed by atoms with Gasteiger partial charge in [-0.05, 0) is 48.9 Å². The van der Waals surface area contributed by atoms with Crippen molar-refractivity contribution in [3.8, 4) is 0 Å². The number of rotatable bonds is 6. The van der Waals surface area contributed by atoms with Gasteiger partial charge < -0.3 is 4.74 Å². The first kappa shape index (κ1) is 13.9. The van der Waals surface area contributed by atoms with Gasteiger partial charge in [0, 0.05) is 6.42 Å². The summed E-state index contributed by atoms with van der Waals surface area (Å²) >= 11 is 0. The fourth-order valence-electron chi connectivity index (χ4n) is 4.08. The van der Waals surface area contributed by atoms with Crippen molar-refractivity contribution in [3.05, 3.63) is 0 Å². The molecule has 0 spiro atoms. The van der Waals surface area contributed by atoms with Gasteiger partial charge in [-0.25, -0.2) is 0 Å². The Kier molecular flexibility index (Phi) is 4.69. The summed E-state index contributed by atoms with van der Waals surface area (Å²) in [6, 6.07) is 0. The van der Waals surface area contributed by atoms with E-state index in [-0.39, 0.29) is 5.97 Å². The van der Waals surface area contributed by atoms with E-state index >= 15 is 0 Å². The van der Waals surface area contributed by atoms with E-state index in [1.807, 2.05) is 0 Å². The van der Waals surface area contributed by atoms with Crippen molar-refractivity contribution in [1.29, 1.82) is 0 Å². The smallest absolute Gasteiger partial charge is 0.305 e. The fraction of sp³-hybridized carbons (Fsp3) is 0.938. The number of unbranched alkanes of at least 4 members (excludes halogenated alkanes) is 2. The third-order valence-electron chi connectivity index (χ3n) is 5.48. The Hall–Kier alpha value is -0.530. The Morgan fingerprint density at radius 3 is 2.56 bits per heavy atom. The fourth-order valence-corrected chi connectivity index (χ4v) is 4.08. The predicted octanol–water partition coefficient (Wildman–Crippen LogP) is 4.04. The highest BCUT2D eigenvalue weighted by molar-refractivity contribution is 5.69. The Bertz CT molecular complexity index is 285. The Balaban J connectivity index is 1.68. The molecular formula is C16H28O2. The number of esters is 1. The van der Waals surface area contributed by atoms with Crippen LogP contribution in [0.1, 0.15) is 59.3 Å². The number of carbonyl (C=O) groups excluding carboxylic acids is 1. The van der Waals surface area contributed by atoms with Crippen LogP contribution in [-0.2, 0) is 9.53 Å². The van der Waals surface area contributed by atoms with Gasteiger partial charge in [0.15, 0.2) is 0 Å². The molecule has 0 amide bonds. The molecule has 5 unspecified atom stereocenters. The monoisotopic (exact) mass is 252 g/mol. The van der Waals surface area contributed by atoms with Gasteiger partial charge in [-0.2, -0.15) is 0 Å². The molecule has 0 aromatic heterocycles. The molecule has 18 heavy (non-hydrogen) atoms. The molecule has 5 atom stereocenters. The van der Waals surface area contributed by atoms with Crippen LogP contribution < -0.4 is 0 Å². The average molecular weight is 252 g/mol. The molecule has 2 rings (SSSR count). The van der Waals surface area contributed by atoms with E-state index in [0.717, 1.165) is 42.9 Å². The second kappa shape index (κ2) is 6.08. The van der Waals surface area contributed by atoms with Gasteiger partial charge in [-0.3, -0.25) is 4.79 Å². The molecule has 0 radical (unpaired) electrons. The molecule has 2 aliphatic carbocycles. The highest BCUT2D eigenvalue weighted by Gasteiger charge is 2.48. The van der Waals surface area contributed by atoms with Crippen LogP contribution in [-0.4, -0.2) is 12.6 Å². The number of fused-ring (bicyclic) bond motifs is 2. The van der Waals surface area contributed by atoms with E-state index in [4.69, 9.17) is 4.74 Å². The van der Waals surface area contributed by atoms with Gasteiger partial charge in [0.1, 0.15) is 0 Å². The Morgan fingerprint density at radius 1 is 1.17 bits per heavy atom. The third kappa shape index (κ3) is 2.89. The first-order chi connectivity index (χ1) is 8.63. The minimum Gasteiger partial charge on any atom is -0.465 e. The Morgan fingerprint density at radius 2 is 1.94 bits per heavy atom. The van der Waals surface area contributed by atoms with Crippen LogP contribution in [0.2, 0.25) is 0 Å². The highest BCUT2D eigenvalue weighted by Crippen LogP contribution is 2.54. The van der Waals surface area contributed by atoms with Gasteiger partial charge in [0.25, 0.3) is 0 Å². The summed E-state index contributed by atoms with van der Waals surface area (Å²) in [5.41, 5.74) is 0. The maximum absolute atomic E-state index is 11.6. The van der Waals surface area contributed by atoms with Crippen LogP contribution in [0.4, 0.5) is 0 Å². The number of ether oxygens (including phenoxy) is 1. The largest absolute Gasteiger partial charge is 0.465 e. The molecule has 0 saturated heterocycles. The second-order valence-electron chi connectivity index (χ2n) is 6.51. The van der Waals surface area contributed by atoms with Crippen molar-refractivity contribution in [3.63, 3.8) is 0 Å². The molecule has 0 aromatic carbocycles. The lowest BCUT2D eigenvalue weighted by Crippen LogP contribution is -2.28. The molecule has 0 aromatic rings. The van der Waals surface area contributed by atoms with E-state index in [9.17, 15) is 4.79 Å². The number of carbonyl (C=O) groups is 1. The minimum atomic E-state index is 0.0203. The van der Waals surface area contributed by atoms with Crippen LogP contribution in [0, 0.1) is 29.6 Å². The first-order valence-corrected chi connectivity index (χ1v) is 7.79. The molecular weight excluding hydrogens is 224 g/mol. The SMILES string of the molecule is CCCCCC(=O)OCC1CC2CC1C(C)C2C. The van der Waals surface area contributed by atoms with Gasteiger partial charge in [-0.15, -0.1) is 0 Å². The minimum absolute atomic E-state index is 0.0203. The van der Waals surface area contributed by atoms with Crippen LogP contribution in [0.15, 0.2) is 0 Å². The average Bonchev–Trinajstić information content (AvgIpc) is 2.88. The van der Waals surface area contributed by atoms with E-state index in [1.54, 1.807) is 0 Å². The van der Waals surface area contributed by atoms with E-state index < -0.39 is 0 Å². The van der Waals surface area contributed by atoms with Gasteiger partial charge >= 0.3 is 5.97 Å². The molecule has 2 fully saturated rings. The van der Waals surface area contributed by atoms with Gasteiger partial charge in [-0.1, -0.05) is 33.6 Å². The molecule has 2 aliphatic rings. The van der Waals surface area contributed by atoms with Gasteiger partial charge in [0.2, 0.25) is 0 Å². The zero-order chi connectivity index (χ0) is 13.1. The number of hydrogen-bond donors (Lipinski definition) is 0. The summed E-state index contributed by atoms with van der Waals surface area (Å²) in [6.45, 7) is 7.61. The van der Waals surface area contributed by atoms with Crippen molar-refractivity contribution in [2.75, 3.05) is 6.61 Å². The van der Waals surface area contributed by atoms with Crippen LogP contribution in [0.3, 0.4) is 0 Å². The lowest BCUT2D eigenvalue weighted by molar-refractivity contribution is -0.146. The molecule has 0 N–H and O–H groups in total. The molecule has 0 aliphatic heterocycles. The van der Waals surface area contributed by atoms with Crippen molar-refractivity contribution in [2.45, 2.75) is 59.3 Å². The summed E-state index contributed by atoms with van der Waals surface area (Å²) < 4.78 is 5.47. The molecule has 2 saturated carbocycles. The summed E-state index contributed by atoms with van der Waals surface area (Å²) in [4.78, 5) is 11.6. The second-order valence-corrected chi connectivity index (χ2v) is 6.51. The quantitative estimate of drug-likeness (QED) is 0.527. The van der Waals surface area contributed by atoms with Crippen LogP contribution in [0.25, 0.3) is 0 Å². The predicted molar refractivity (Wildman–Crippen MR) is 73.1 cm³/mol. The third-order valence-corrected chi connectivity index (χ3v) is 5.48. The van der Waals surface area contributed by atoms with Crippen molar-refractivity contribution < 1.29 is 9.53 Å². The lowest BCUT2D eigenvalue weighted by Gasteiger charge is -2.31. The topological polar surface area (TPSA) is 26.3 Å². The summed E-state index contributed by atoms with van der Waals surface area (Å²) in [5.74, 6) is 4.09.